The number of phosphoric acid groups is 1. The van der Waals surface area contributed by atoms with Crippen molar-refractivity contribution in [2.75, 3.05) is 13.2 Å². The van der Waals surface area contributed by atoms with Crippen LogP contribution in [-0.4, -0.2) is 41.0 Å². The van der Waals surface area contributed by atoms with Gasteiger partial charge in [0, 0.05) is 12.8 Å². The van der Waals surface area contributed by atoms with Crippen molar-refractivity contribution in [1.82, 2.24) is 0 Å². The Hall–Kier alpha value is -0.950. The van der Waals surface area contributed by atoms with Crippen LogP contribution in [0.2, 0.25) is 0 Å². The smallest absolute Gasteiger partial charge is 0.462 e. The van der Waals surface area contributed by atoms with E-state index in [1.807, 2.05) is 13.8 Å². The van der Waals surface area contributed by atoms with Gasteiger partial charge in [-0.05, 0) is 47.3 Å². The van der Waals surface area contributed by atoms with Crippen LogP contribution in [0.1, 0.15) is 198 Å². The maximum atomic E-state index is 12.7. The molecular weight excluding hydrogens is 675 g/mol. The largest absolute Gasteiger partial charge is 0.469 e. The number of carbonyl (C=O) groups is 2. The van der Waals surface area contributed by atoms with Gasteiger partial charge in [0.25, 0.3) is 0 Å². The molecule has 8 nitrogen and oxygen atoms in total. The van der Waals surface area contributed by atoms with Gasteiger partial charge < -0.3 is 19.3 Å². The van der Waals surface area contributed by atoms with Gasteiger partial charge in [0.2, 0.25) is 0 Å². The van der Waals surface area contributed by atoms with Crippen LogP contribution in [0.25, 0.3) is 0 Å². The Kier molecular flexibility index (Phi) is 29.7. The van der Waals surface area contributed by atoms with Crippen LogP contribution in [-0.2, 0) is 28.2 Å². The van der Waals surface area contributed by atoms with E-state index in [0.717, 1.165) is 62.2 Å². The Morgan fingerprint density at radius 1 is 0.462 bits per heavy atom. The lowest BCUT2D eigenvalue weighted by molar-refractivity contribution is -0.162. The van der Waals surface area contributed by atoms with Crippen molar-refractivity contribution in [2.24, 2.45) is 47.3 Å². The molecule has 0 spiro atoms. The summed E-state index contributed by atoms with van der Waals surface area (Å²) in [6.07, 6.45) is 21.1. The fourth-order valence-corrected chi connectivity index (χ4v) is 7.49. The van der Waals surface area contributed by atoms with E-state index in [2.05, 4.69) is 59.9 Å². The third kappa shape index (κ3) is 33.6. The summed E-state index contributed by atoms with van der Waals surface area (Å²) < 4.78 is 26.9. The molecule has 0 saturated heterocycles. The fourth-order valence-electron chi connectivity index (χ4n) is 7.13. The minimum Gasteiger partial charge on any atom is -0.462 e. The van der Waals surface area contributed by atoms with Crippen molar-refractivity contribution in [2.45, 2.75) is 204 Å². The normalized spacial score (nSPS) is 16.3. The Morgan fingerprint density at radius 3 is 1.10 bits per heavy atom. The second kappa shape index (κ2) is 30.3. The van der Waals surface area contributed by atoms with Crippen LogP contribution in [0.4, 0.5) is 0 Å². The number of rotatable bonds is 34. The second-order valence-electron chi connectivity index (χ2n) is 18.0. The number of ether oxygens (including phenoxy) is 2. The highest BCUT2D eigenvalue weighted by Gasteiger charge is 2.24. The van der Waals surface area contributed by atoms with Crippen LogP contribution in [0.15, 0.2) is 0 Å². The summed E-state index contributed by atoms with van der Waals surface area (Å²) in [6, 6.07) is 0. The molecular formula is C43H85O8P. The zero-order chi connectivity index (χ0) is 39.5. The monoisotopic (exact) mass is 761 g/mol. The first kappa shape index (κ1) is 51.0. The minimum atomic E-state index is -4.78. The summed E-state index contributed by atoms with van der Waals surface area (Å²) in [6.45, 7) is 21.8. The van der Waals surface area contributed by atoms with Crippen LogP contribution < -0.4 is 0 Å². The highest BCUT2D eigenvalue weighted by molar-refractivity contribution is 7.46. The molecule has 0 aliphatic carbocycles. The van der Waals surface area contributed by atoms with Gasteiger partial charge in [-0.15, -0.1) is 0 Å². The molecule has 0 aromatic heterocycles. The van der Waals surface area contributed by atoms with Gasteiger partial charge in [0.05, 0.1) is 6.61 Å². The molecule has 9 heteroatoms. The maximum Gasteiger partial charge on any atom is 0.469 e. The van der Waals surface area contributed by atoms with E-state index in [9.17, 15) is 23.9 Å². The second-order valence-corrected chi connectivity index (χ2v) is 19.2. The van der Waals surface area contributed by atoms with Gasteiger partial charge in [-0.25, -0.2) is 4.57 Å². The van der Waals surface area contributed by atoms with Crippen molar-refractivity contribution in [3.8, 4) is 0 Å². The van der Waals surface area contributed by atoms with Gasteiger partial charge in [-0.2, -0.15) is 0 Å². The van der Waals surface area contributed by atoms with E-state index in [0.29, 0.717) is 11.8 Å². The molecule has 0 amide bonds. The summed E-state index contributed by atoms with van der Waals surface area (Å²) in [5.74, 6) is 3.87. The molecule has 0 aliphatic rings. The molecule has 0 heterocycles. The standard InChI is InChI=1S/C43H85O8P/c1-33(2)17-11-19-35(5)21-13-23-37(7)25-15-27-39(9)29-42(44)49-31-41(32-50-52(46,47)48)51-43(45)30-40(10)28-16-26-38(8)24-14-22-36(6)20-12-18-34(3)4/h33-41H,11-32H2,1-10H3,(H2,46,47,48)/t35?,36?,37?,38?,39?,40?,41-/m1/s1. The molecule has 310 valence electrons. The predicted octanol–water partition coefficient (Wildman–Crippen LogP) is 12.5. The predicted molar refractivity (Wildman–Crippen MR) is 216 cm³/mol. The average Bonchev–Trinajstić information content (AvgIpc) is 3.01. The number of hydrogen-bond donors (Lipinski definition) is 2. The molecule has 0 aromatic rings. The SMILES string of the molecule is CC(C)CCCC(C)CCCC(C)CCCC(C)CC(=O)OC[C@H](COP(=O)(O)O)OC(=O)CC(C)CCCC(C)CCCC(C)CCCC(C)C. The van der Waals surface area contributed by atoms with Crippen LogP contribution >= 0.6 is 7.82 Å². The molecule has 0 bridgehead atoms. The molecule has 0 radical (unpaired) electrons. The van der Waals surface area contributed by atoms with Gasteiger partial charge in [-0.3, -0.25) is 14.1 Å². The number of esters is 2. The first-order valence-electron chi connectivity index (χ1n) is 21.4. The van der Waals surface area contributed by atoms with Gasteiger partial charge in [-0.1, -0.05) is 185 Å². The summed E-state index contributed by atoms with van der Waals surface area (Å²) >= 11 is 0. The molecule has 0 aromatic carbocycles. The number of carbonyl (C=O) groups excluding carboxylic acids is 2. The molecule has 0 rings (SSSR count). The Bertz CT molecular complexity index is 934. The van der Waals surface area contributed by atoms with Crippen molar-refractivity contribution in [3.05, 3.63) is 0 Å². The minimum absolute atomic E-state index is 0.110. The van der Waals surface area contributed by atoms with E-state index in [1.165, 1.54) is 77.0 Å². The highest BCUT2D eigenvalue weighted by Crippen LogP contribution is 2.36. The summed E-state index contributed by atoms with van der Waals surface area (Å²) in [7, 11) is -4.78. The van der Waals surface area contributed by atoms with Crippen molar-refractivity contribution < 1.29 is 37.9 Å². The summed E-state index contributed by atoms with van der Waals surface area (Å²) in [4.78, 5) is 43.8. The summed E-state index contributed by atoms with van der Waals surface area (Å²) in [5, 5.41) is 0. The first-order chi connectivity index (χ1) is 24.4. The van der Waals surface area contributed by atoms with Crippen molar-refractivity contribution in [3.63, 3.8) is 0 Å². The van der Waals surface area contributed by atoms with Gasteiger partial charge in [0.1, 0.15) is 6.61 Å². The van der Waals surface area contributed by atoms with Crippen molar-refractivity contribution in [1.29, 1.82) is 0 Å². The third-order valence-corrected chi connectivity index (χ3v) is 11.2. The topological polar surface area (TPSA) is 119 Å². The molecule has 0 aliphatic heterocycles. The number of hydrogen-bond acceptors (Lipinski definition) is 6. The van der Waals surface area contributed by atoms with E-state index in [1.54, 1.807) is 0 Å². The lowest BCUT2D eigenvalue weighted by Gasteiger charge is -2.20. The molecule has 52 heavy (non-hydrogen) atoms. The van der Waals surface area contributed by atoms with Gasteiger partial charge in [0.15, 0.2) is 6.10 Å². The van der Waals surface area contributed by atoms with Crippen LogP contribution in [0, 0.1) is 47.3 Å². The molecule has 2 N–H and O–H groups in total. The lowest BCUT2D eigenvalue weighted by Crippen LogP contribution is -2.30. The van der Waals surface area contributed by atoms with Crippen LogP contribution in [0.5, 0.6) is 0 Å². The summed E-state index contributed by atoms with van der Waals surface area (Å²) in [5.41, 5.74) is 0. The molecule has 6 unspecified atom stereocenters. The van der Waals surface area contributed by atoms with E-state index in [4.69, 9.17) is 9.47 Å². The Morgan fingerprint density at radius 2 is 0.769 bits per heavy atom. The molecule has 7 atom stereocenters. The fraction of sp³-hybridized carbons (Fsp3) is 0.953. The van der Waals surface area contributed by atoms with E-state index in [-0.39, 0.29) is 31.3 Å². The van der Waals surface area contributed by atoms with Crippen molar-refractivity contribution >= 4 is 19.8 Å². The van der Waals surface area contributed by atoms with Crippen LogP contribution in [0.3, 0.4) is 0 Å². The lowest BCUT2D eigenvalue weighted by atomic mass is 9.91. The highest BCUT2D eigenvalue weighted by atomic mass is 31.2. The third-order valence-electron chi connectivity index (χ3n) is 10.7. The van der Waals surface area contributed by atoms with E-state index >= 15 is 0 Å². The number of phosphoric ester groups is 1. The molecule has 0 saturated carbocycles. The zero-order valence-corrected chi connectivity index (χ0v) is 36.4. The zero-order valence-electron chi connectivity index (χ0n) is 35.5. The molecule has 0 fully saturated rings. The average molecular weight is 761 g/mol. The first-order valence-corrected chi connectivity index (χ1v) is 22.9. The Labute approximate surface area is 321 Å². The van der Waals surface area contributed by atoms with Gasteiger partial charge >= 0.3 is 19.8 Å². The maximum absolute atomic E-state index is 12.7. The van der Waals surface area contributed by atoms with E-state index < -0.39 is 32.5 Å². The Balaban J connectivity index is 4.42. The quantitative estimate of drug-likeness (QED) is 0.0491.